The van der Waals surface area contributed by atoms with Gasteiger partial charge in [-0.05, 0) is 37.1 Å². The molecule has 0 amide bonds. The summed E-state index contributed by atoms with van der Waals surface area (Å²) in [7, 11) is 1.60. The number of pyridine rings is 1. The Labute approximate surface area is 149 Å². The first-order chi connectivity index (χ1) is 12.3. The summed E-state index contributed by atoms with van der Waals surface area (Å²) in [6.07, 6.45) is -5.15. The highest BCUT2D eigenvalue weighted by atomic mass is 19.4. The monoisotopic (exact) mass is 370 g/mol. The maximum absolute atomic E-state index is 12.2. The van der Waals surface area contributed by atoms with Gasteiger partial charge in [-0.3, -0.25) is 0 Å². The summed E-state index contributed by atoms with van der Waals surface area (Å²) in [6, 6.07) is 11.6. The molecule has 1 heterocycles. The van der Waals surface area contributed by atoms with Crippen LogP contribution >= 0.6 is 0 Å². The van der Waals surface area contributed by atoms with E-state index in [-0.39, 0.29) is 18.3 Å². The topological polar surface area (TPSA) is 63.6 Å². The summed E-state index contributed by atoms with van der Waals surface area (Å²) < 4.78 is 45.6. The largest absolute Gasteiger partial charge is 0.574 e. The number of ether oxygens (including phenoxy) is 2. The van der Waals surface area contributed by atoms with Crippen LogP contribution < -0.4 is 14.8 Å². The predicted octanol–water partition coefficient (Wildman–Crippen LogP) is 3.24. The van der Waals surface area contributed by atoms with Crippen molar-refractivity contribution in [2.75, 3.05) is 13.7 Å². The number of aliphatic hydroxyl groups excluding tert-OH is 1. The van der Waals surface area contributed by atoms with E-state index < -0.39 is 18.3 Å². The minimum absolute atomic E-state index is 0.0488. The van der Waals surface area contributed by atoms with Gasteiger partial charge in [-0.15, -0.1) is 13.2 Å². The molecular weight excluding hydrogens is 349 g/mol. The summed E-state index contributed by atoms with van der Waals surface area (Å²) in [5.41, 5.74) is 1.20. The van der Waals surface area contributed by atoms with Gasteiger partial charge in [0.1, 0.15) is 11.9 Å². The van der Waals surface area contributed by atoms with Crippen molar-refractivity contribution in [2.45, 2.75) is 31.9 Å². The van der Waals surface area contributed by atoms with Gasteiger partial charge in [-0.1, -0.05) is 18.2 Å². The number of halogens is 3. The Bertz CT molecular complexity index is 693. The van der Waals surface area contributed by atoms with Crippen LogP contribution in [-0.4, -0.2) is 36.1 Å². The molecule has 8 heteroatoms. The zero-order valence-electron chi connectivity index (χ0n) is 14.5. The Hall–Kier alpha value is -2.32. The smallest absolute Gasteiger partial charge is 0.497 e. The third kappa shape index (κ3) is 6.53. The number of nitrogens with one attached hydrogen (secondary N) is 1. The summed E-state index contributed by atoms with van der Waals surface area (Å²) in [4.78, 5) is 3.69. The highest BCUT2D eigenvalue weighted by Crippen LogP contribution is 2.22. The van der Waals surface area contributed by atoms with Crippen molar-refractivity contribution in [1.29, 1.82) is 0 Å². The van der Waals surface area contributed by atoms with Gasteiger partial charge in [0.05, 0.1) is 12.8 Å². The average Bonchev–Trinajstić information content (AvgIpc) is 2.59. The molecule has 5 nitrogen and oxygen atoms in total. The van der Waals surface area contributed by atoms with E-state index in [0.29, 0.717) is 0 Å². The minimum atomic E-state index is -4.82. The van der Waals surface area contributed by atoms with E-state index in [4.69, 9.17) is 4.74 Å². The second-order valence-corrected chi connectivity index (χ2v) is 5.83. The molecule has 0 saturated heterocycles. The standard InChI is InChI=1S/C18H21F3N2O3/c1-12(10-13-6-8-14(25-2)9-7-13)22-11-16(24)15-4-3-5-17(23-15)26-18(19,20)21/h3-9,12,16,22,24H,10-11H2,1-2H3/t12-,16+/m1/s1. The Morgan fingerprint density at radius 1 is 1.15 bits per heavy atom. The van der Waals surface area contributed by atoms with Crippen molar-refractivity contribution >= 4 is 0 Å². The number of benzene rings is 1. The molecule has 0 aliphatic heterocycles. The number of hydrogen-bond acceptors (Lipinski definition) is 5. The van der Waals surface area contributed by atoms with Crippen molar-refractivity contribution in [3.63, 3.8) is 0 Å². The summed E-state index contributed by atoms with van der Waals surface area (Å²) in [5, 5.41) is 13.3. The van der Waals surface area contributed by atoms with Crippen molar-refractivity contribution < 1.29 is 27.8 Å². The molecule has 0 unspecified atom stereocenters. The van der Waals surface area contributed by atoms with Gasteiger partial charge in [-0.25, -0.2) is 4.98 Å². The van der Waals surface area contributed by atoms with E-state index in [9.17, 15) is 18.3 Å². The third-order valence-electron chi connectivity index (χ3n) is 3.67. The van der Waals surface area contributed by atoms with E-state index in [1.807, 2.05) is 31.2 Å². The number of nitrogens with zero attached hydrogens (tertiary/aromatic N) is 1. The molecule has 0 radical (unpaired) electrons. The van der Waals surface area contributed by atoms with Crippen LogP contribution in [0.5, 0.6) is 11.6 Å². The van der Waals surface area contributed by atoms with Gasteiger partial charge < -0.3 is 19.9 Å². The molecule has 2 N–H and O–H groups in total. The van der Waals surface area contributed by atoms with E-state index in [1.165, 1.54) is 12.1 Å². The molecule has 0 spiro atoms. The van der Waals surface area contributed by atoms with Crippen LogP contribution in [0.15, 0.2) is 42.5 Å². The fourth-order valence-electron chi connectivity index (χ4n) is 2.40. The van der Waals surface area contributed by atoms with E-state index in [0.717, 1.165) is 23.8 Å². The lowest BCUT2D eigenvalue weighted by Gasteiger charge is -2.18. The Morgan fingerprint density at radius 2 is 1.85 bits per heavy atom. The molecule has 2 atom stereocenters. The highest BCUT2D eigenvalue weighted by molar-refractivity contribution is 5.27. The van der Waals surface area contributed by atoms with E-state index >= 15 is 0 Å². The normalized spacial score (nSPS) is 13.9. The molecule has 0 aliphatic rings. The fraction of sp³-hybridized carbons (Fsp3) is 0.389. The van der Waals surface area contributed by atoms with Gasteiger partial charge in [0, 0.05) is 18.7 Å². The van der Waals surface area contributed by atoms with Gasteiger partial charge in [0.15, 0.2) is 0 Å². The van der Waals surface area contributed by atoms with Crippen molar-refractivity contribution in [3.05, 3.63) is 53.7 Å². The summed E-state index contributed by atoms with van der Waals surface area (Å²) in [5.74, 6) is 0.178. The first-order valence-electron chi connectivity index (χ1n) is 8.04. The molecular formula is C18H21F3N2O3. The van der Waals surface area contributed by atoms with Gasteiger partial charge in [-0.2, -0.15) is 0 Å². The Balaban J connectivity index is 1.87. The van der Waals surface area contributed by atoms with E-state index in [2.05, 4.69) is 15.0 Å². The van der Waals surface area contributed by atoms with Crippen molar-refractivity contribution in [1.82, 2.24) is 10.3 Å². The molecule has 142 valence electrons. The van der Waals surface area contributed by atoms with Crippen molar-refractivity contribution in [2.24, 2.45) is 0 Å². The lowest BCUT2D eigenvalue weighted by atomic mass is 10.1. The van der Waals surface area contributed by atoms with Crippen molar-refractivity contribution in [3.8, 4) is 11.6 Å². The fourth-order valence-corrected chi connectivity index (χ4v) is 2.40. The first kappa shape index (κ1) is 20.0. The molecule has 26 heavy (non-hydrogen) atoms. The number of methoxy groups -OCH3 is 1. The number of hydrogen-bond donors (Lipinski definition) is 2. The second-order valence-electron chi connectivity index (χ2n) is 5.83. The van der Waals surface area contributed by atoms with Gasteiger partial charge >= 0.3 is 6.36 Å². The van der Waals surface area contributed by atoms with Crippen LogP contribution in [-0.2, 0) is 6.42 Å². The number of aromatic nitrogens is 1. The molecule has 0 bridgehead atoms. The summed E-state index contributed by atoms with van der Waals surface area (Å²) in [6.45, 7) is 2.10. The summed E-state index contributed by atoms with van der Waals surface area (Å²) >= 11 is 0. The number of rotatable bonds is 8. The SMILES string of the molecule is COc1ccc(C[C@@H](C)NC[C@H](O)c2cccc(OC(F)(F)F)n2)cc1. The molecule has 0 fully saturated rings. The number of alkyl halides is 3. The Kier molecular flexibility index (Phi) is 6.82. The van der Waals surface area contributed by atoms with Gasteiger partial charge in [0.2, 0.25) is 5.88 Å². The van der Waals surface area contributed by atoms with E-state index in [1.54, 1.807) is 7.11 Å². The maximum atomic E-state index is 12.2. The van der Waals surface area contributed by atoms with Crippen LogP contribution in [0.25, 0.3) is 0 Å². The minimum Gasteiger partial charge on any atom is -0.497 e. The van der Waals surface area contributed by atoms with Crippen LogP contribution in [0.1, 0.15) is 24.3 Å². The lowest BCUT2D eigenvalue weighted by molar-refractivity contribution is -0.276. The molecule has 0 aliphatic carbocycles. The lowest BCUT2D eigenvalue weighted by Crippen LogP contribution is -2.32. The molecule has 2 rings (SSSR count). The van der Waals surface area contributed by atoms with Crippen LogP contribution in [0.3, 0.4) is 0 Å². The molecule has 0 saturated carbocycles. The zero-order chi connectivity index (χ0) is 19.2. The van der Waals surface area contributed by atoms with Gasteiger partial charge in [0.25, 0.3) is 0 Å². The molecule has 1 aromatic carbocycles. The Morgan fingerprint density at radius 3 is 2.46 bits per heavy atom. The highest BCUT2D eigenvalue weighted by Gasteiger charge is 2.32. The van der Waals surface area contributed by atoms with Crippen LogP contribution in [0.2, 0.25) is 0 Å². The maximum Gasteiger partial charge on any atom is 0.574 e. The third-order valence-corrected chi connectivity index (χ3v) is 3.67. The average molecular weight is 370 g/mol. The molecule has 2 aromatic rings. The van der Waals surface area contributed by atoms with Crippen LogP contribution in [0, 0.1) is 0 Å². The zero-order valence-corrected chi connectivity index (χ0v) is 14.5. The molecule has 1 aromatic heterocycles. The van der Waals surface area contributed by atoms with Crippen LogP contribution in [0.4, 0.5) is 13.2 Å². The second kappa shape index (κ2) is 8.86. The predicted molar refractivity (Wildman–Crippen MR) is 90.0 cm³/mol. The number of aliphatic hydroxyl groups is 1. The quantitative estimate of drug-likeness (QED) is 0.747. The first-order valence-corrected chi connectivity index (χ1v) is 8.04.